The van der Waals surface area contributed by atoms with Gasteiger partial charge in [-0.05, 0) is 31.2 Å². The van der Waals surface area contributed by atoms with Gasteiger partial charge in [0.2, 0.25) is 0 Å². The van der Waals surface area contributed by atoms with Crippen molar-refractivity contribution in [2.45, 2.75) is 20.8 Å². The highest BCUT2D eigenvalue weighted by Crippen LogP contribution is 2.07. The van der Waals surface area contributed by atoms with Gasteiger partial charge in [-0.15, -0.1) is 0 Å². The summed E-state index contributed by atoms with van der Waals surface area (Å²) in [5.74, 6) is 0. The molecule has 0 saturated heterocycles. The highest BCUT2D eigenvalue weighted by molar-refractivity contribution is 5.73. The van der Waals surface area contributed by atoms with Gasteiger partial charge in [0.05, 0.1) is 11.0 Å². The largest absolute Gasteiger partial charge is 0.255 e. The number of aryl methyl sites for hydroxylation is 1. The molecule has 0 amide bonds. The summed E-state index contributed by atoms with van der Waals surface area (Å²) in [6.07, 6.45) is 1.78. The Hall–Kier alpha value is -1.44. The Morgan fingerprint density at radius 3 is 2.54 bits per heavy atom. The van der Waals surface area contributed by atoms with E-state index in [1.54, 1.807) is 6.20 Å². The number of aromatic nitrogens is 2. The Labute approximate surface area is 78.7 Å². The third-order valence-electron chi connectivity index (χ3n) is 1.60. The zero-order valence-electron chi connectivity index (χ0n) is 8.28. The van der Waals surface area contributed by atoms with E-state index in [0.29, 0.717) is 0 Å². The number of hydrogen-bond acceptors (Lipinski definition) is 2. The molecule has 2 rings (SSSR count). The van der Waals surface area contributed by atoms with E-state index < -0.39 is 0 Å². The molecule has 13 heavy (non-hydrogen) atoms. The Kier molecular flexibility index (Phi) is 3.38. The van der Waals surface area contributed by atoms with Gasteiger partial charge in [0.25, 0.3) is 0 Å². The summed E-state index contributed by atoms with van der Waals surface area (Å²) in [5.41, 5.74) is 2.95. The molecule has 68 valence electrons. The van der Waals surface area contributed by atoms with Crippen LogP contribution in [0.15, 0.2) is 30.5 Å². The van der Waals surface area contributed by atoms with E-state index in [-0.39, 0.29) is 0 Å². The molecule has 2 aromatic heterocycles. The molecule has 0 aromatic carbocycles. The van der Waals surface area contributed by atoms with Gasteiger partial charge in [-0.25, -0.2) is 0 Å². The van der Waals surface area contributed by atoms with Gasteiger partial charge in [0.15, 0.2) is 0 Å². The molecule has 0 aliphatic heterocycles. The quantitative estimate of drug-likeness (QED) is 0.613. The summed E-state index contributed by atoms with van der Waals surface area (Å²) in [5, 5.41) is 0. The van der Waals surface area contributed by atoms with E-state index in [1.807, 2.05) is 45.0 Å². The Balaban J connectivity index is 0.000000396. The summed E-state index contributed by atoms with van der Waals surface area (Å²) in [6, 6.07) is 7.82. The lowest BCUT2D eigenvalue weighted by Crippen LogP contribution is -1.83. The van der Waals surface area contributed by atoms with Crippen LogP contribution in [0.5, 0.6) is 0 Å². The van der Waals surface area contributed by atoms with Crippen molar-refractivity contribution in [3.8, 4) is 0 Å². The van der Waals surface area contributed by atoms with E-state index in [2.05, 4.69) is 9.97 Å². The highest BCUT2D eigenvalue weighted by atomic mass is 14.7. The highest BCUT2D eigenvalue weighted by Gasteiger charge is 1.92. The molecule has 0 radical (unpaired) electrons. The molecule has 0 N–H and O–H groups in total. The molecule has 0 bridgehead atoms. The van der Waals surface area contributed by atoms with Gasteiger partial charge < -0.3 is 0 Å². The Morgan fingerprint density at radius 2 is 1.77 bits per heavy atom. The zero-order valence-corrected chi connectivity index (χ0v) is 8.28. The molecule has 0 spiro atoms. The number of fused-ring (bicyclic) bond motifs is 1. The van der Waals surface area contributed by atoms with Gasteiger partial charge in [-0.1, -0.05) is 13.8 Å². The van der Waals surface area contributed by atoms with Crippen molar-refractivity contribution in [1.82, 2.24) is 9.97 Å². The predicted molar refractivity (Wildman–Crippen MR) is 55.6 cm³/mol. The summed E-state index contributed by atoms with van der Waals surface area (Å²) >= 11 is 0. The monoisotopic (exact) mass is 174 g/mol. The fourth-order valence-corrected chi connectivity index (χ4v) is 1.06. The predicted octanol–water partition coefficient (Wildman–Crippen LogP) is 2.96. The van der Waals surface area contributed by atoms with Crippen LogP contribution in [0.1, 0.15) is 19.5 Å². The molecule has 0 unspecified atom stereocenters. The third kappa shape index (κ3) is 2.25. The molecule has 2 heterocycles. The summed E-state index contributed by atoms with van der Waals surface area (Å²) in [4.78, 5) is 8.47. The smallest absolute Gasteiger partial charge is 0.0889 e. The number of rotatable bonds is 0. The van der Waals surface area contributed by atoms with Crippen LogP contribution in [-0.2, 0) is 0 Å². The van der Waals surface area contributed by atoms with E-state index >= 15 is 0 Å². The van der Waals surface area contributed by atoms with Gasteiger partial charge >= 0.3 is 0 Å². The summed E-state index contributed by atoms with van der Waals surface area (Å²) in [6.45, 7) is 5.98. The average molecular weight is 174 g/mol. The molecule has 0 atom stereocenters. The second-order valence-electron chi connectivity index (χ2n) is 2.49. The maximum absolute atomic E-state index is 4.31. The summed E-state index contributed by atoms with van der Waals surface area (Å²) < 4.78 is 0. The van der Waals surface area contributed by atoms with E-state index in [1.165, 1.54) is 0 Å². The first-order valence-electron chi connectivity index (χ1n) is 4.55. The normalized spacial score (nSPS) is 9.15. The molecule has 0 saturated carbocycles. The topological polar surface area (TPSA) is 25.8 Å². The van der Waals surface area contributed by atoms with E-state index in [0.717, 1.165) is 16.7 Å². The molecular formula is C11H14N2. The second-order valence-corrected chi connectivity index (χ2v) is 2.49. The van der Waals surface area contributed by atoms with Crippen LogP contribution in [0.3, 0.4) is 0 Å². The molecule has 2 aromatic rings. The van der Waals surface area contributed by atoms with Crippen molar-refractivity contribution in [3.63, 3.8) is 0 Å². The number of pyridine rings is 2. The minimum Gasteiger partial charge on any atom is -0.255 e. The lowest BCUT2D eigenvalue weighted by Gasteiger charge is -1.95. The summed E-state index contributed by atoms with van der Waals surface area (Å²) in [7, 11) is 0. The third-order valence-corrected chi connectivity index (χ3v) is 1.60. The van der Waals surface area contributed by atoms with Crippen LogP contribution in [0.25, 0.3) is 11.0 Å². The average Bonchev–Trinajstić information content (AvgIpc) is 2.21. The van der Waals surface area contributed by atoms with Crippen molar-refractivity contribution in [2.24, 2.45) is 0 Å². The fraction of sp³-hybridized carbons (Fsp3) is 0.273. The van der Waals surface area contributed by atoms with Crippen LogP contribution in [0, 0.1) is 6.92 Å². The maximum Gasteiger partial charge on any atom is 0.0889 e. The van der Waals surface area contributed by atoms with Crippen LogP contribution >= 0.6 is 0 Å². The van der Waals surface area contributed by atoms with Gasteiger partial charge in [0.1, 0.15) is 0 Å². The van der Waals surface area contributed by atoms with E-state index in [4.69, 9.17) is 0 Å². The second kappa shape index (κ2) is 4.55. The van der Waals surface area contributed by atoms with Crippen molar-refractivity contribution < 1.29 is 0 Å². The molecule has 0 fully saturated rings. The SMILES string of the molecule is CC.Cc1ccc2ncccc2n1. The van der Waals surface area contributed by atoms with Crippen molar-refractivity contribution >= 4 is 11.0 Å². The van der Waals surface area contributed by atoms with Gasteiger partial charge in [-0.3, -0.25) is 9.97 Å². The van der Waals surface area contributed by atoms with Gasteiger partial charge in [-0.2, -0.15) is 0 Å². The molecule has 2 heteroatoms. The van der Waals surface area contributed by atoms with Crippen LogP contribution in [0.4, 0.5) is 0 Å². The molecule has 2 nitrogen and oxygen atoms in total. The lowest BCUT2D eigenvalue weighted by molar-refractivity contribution is 1.24. The van der Waals surface area contributed by atoms with Crippen molar-refractivity contribution in [2.75, 3.05) is 0 Å². The minimum atomic E-state index is 0.957. The van der Waals surface area contributed by atoms with Gasteiger partial charge in [0, 0.05) is 11.9 Å². The molecule has 0 aliphatic rings. The van der Waals surface area contributed by atoms with Crippen molar-refractivity contribution in [1.29, 1.82) is 0 Å². The molecular weight excluding hydrogens is 160 g/mol. The number of hydrogen-bond donors (Lipinski definition) is 0. The number of nitrogens with zero attached hydrogens (tertiary/aromatic N) is 2. The van der Waals surface area contributed by atoms with Crippen LogP contribution in [0.2, 0.25) is 0 Å². The van der Waals surface area contributed by atoms with E-state index in [9.17, 15) is 0 Å². The maximum atomic E-state index is 4.31. The first kappa shape index (κ1) is 9.65. The first-order chi connectivity index (χ1) is 6.36. The lowest BCUT2D eigenvalue weighted by atomic mass is 10.3. The zero-order chi connectivity index (χ0) is 9.68. The standard InChI is InChI=1S/C9H8N2.C2H6/c1-7-4-5-8-9(11-7)3-2-6-10-8;1-2/h2-6H,1H3;1-2H3. The fourth-order valence-electron chi connectivity index (χ4n) is 1.06. The van der Waals surface area contributed by atoms with Crippen molar-refractivity contribution in [3.05, 3.63) is 36.2 Å². The first-order valence-corrected chi connectivity index (χ1v) is 4.55. The Morgan fingerprint density at radius 1 is 1.00 bits per heavy atom. The van der Waals surface area contributed by atoms with Crippen LogP contribution < -0.4 is 0 Å². The Bertz CT molecular complexity index is 383. The van der Waals surface area contributed by atoms with Crippen LogP contribution in [-0.4, -0.2) is 9.97 Å². The minimum absolute atomic E-state index is 0.957. The molecule has 0 aliphatic carbocycles.